The Labute approximate surface area is 121 Å². The van der Waals surface area contributed by atoms with Crippen LogP contribution in [0.25, 0.3) is 0 Å². The van der Waals surface area contributed by atoms with Gasteiger partial charge in [0.2, 0.25) is 0 Å². The van der Waals surface area contributed by atoms with E-state index in [0.29, 0.717) is 0 Å². The van der Waals surface area contributed by atoms with Gasteiger partial charge in [-0.3, -0.25) is 0 Å². The molecule has 0 amide bonds. The van der Waals surface area contributed by atoms with Crippen molar-refractivity contribution in [3.05, 3.63) is 65.2 Å². The molecule has 1 nitrogen and oxygen atoms in total. The smallest absolute Gasteiger partial charge is 0.122 e. The van der Waals surface area contributed by atoms with E-state index < -0.39 is 0 Å². The molecule has 104 valence electrons. The van der Waals surface area contributed by atoms with Crippen molar-refractivity contribution >= 4 is 0 Å². The third kappa shape index (κ3) is 3.22. The maximum atomic E-state index is 5.42. The number of fused-ring (bicyclic) bond motifs is 2. The third-order valence-electron chi connectivity index (χ3n) is 4.08. The zero-order valence-corrected chi connectivity index (χ0v) is 12.0. The molecule has 1 heteroatoms. The van der Waals surface area contributed by atoms with Crippen LogP contribution in [-0.4, -0.2) is 6.61 Å². The van der Waals surface area contributed by atoms with Crippen molar-refractivity contribution in [2.45, 2.75) is 38.5 Å². The van der Waals surface area contributed by atoms with Gasteiger partial charge >= 0.3 is 0 Å². The van der Waals surface area contributed by atoms with Crippen LogP contribution in [0.15, 0.2) is 48.5 Å². The first-order valence-corrected chi connectivity index (χ1v) is 7.71. The standard InChI is InChI=1S/C10H12.C9H10O/c1-2-6-10-8-4-3-7-9(10)5-1;1-2-6-9-8(4-1)5-3-7-10-9/h1-2,5-6H,3-4,7-8H2;1-2,4,6H,3,5,7H2. The zero-order chi connectivity index (χ0) is 13.6. The van der Waals surface area contributed by atoms with Crippen molar-refractivity contribution in [3.8, 4) is 5.75 Å². The molecule has 2 aromatic carbocycles. The van der Waals surface area contributed by atoms with Crippen molar-refractivity contribution < 1.29 is 4.74 Å². The molecule has 0 N–H and O–H groups in total. The van der Waals surface area contributed by atoms with Gasteiger partial charge in [0.25, 0.3) is 0 Å². The summed E-state index contributed by atoms with van der Waals surface area (Å²) < 4.78 is 5.42. The Bertz CT molecular complexity index is 458. The summed E-state index contributed by atoms with van der Waals surface area (Å²) in [6.07, 6.45) is 7.72. The van der Waals surface area contributed by atoms with Gasteiger partial charge in [-0.2, -0.15) is 0 Å². The predicted octanol–water partition coefficient (Wildman–Crippen LogP) is 4.58. The highest BCUT2D eigenvalue weighted by Crippen LogP contribution is 2.23. The molecule has 1 aliphatic heterocycles. The van der Waals surface area contributed by atoms with Gasteiger partial charge in [0.15, 0.2) is 0 Å². The topological polar surface area (TPSA) is 9.23 Å². The van der Waals surface area contributed by atoms with Crippen molar-refractivity contribution in [3.63, 3.8) is 0 Å². The van der Waals surface area contributed by atoms with Crippen LogP contribution < -0.4 is 4.74 Å². The van der Waals surface area contributed by atoms with Gasteiger partial charge < -0.3 is 4.74 Å². The van der Waals surface area contributed by atoms with E-state index in [2.05, 4.69) is 36.4 Å². The molecule has 0 radical (unpaired) electrons. The Morgan fingerprint density at radius 2 is 1.15 bits per heavy atom. The Hall–Kier alpha value is -1.76. The highest BCUT2D eigenvalue weighted by molar-refractivity contribution is 5.34. The first kappa shape index (κ1) is 13.2. The van der Waals surface area contributed by atoms with Crippen LogP contribution >= 0.6 is 0 Å². The van der Waals surface area contributed by atoms with Crippen molar-refractivity contribution in [1.29, 1.82) is 0 Å². The second-order valence-electron chi connectivity index (χ2n) is 5.54. The highest BCUT2D eigenvalue weighted by Gasteiger charge is 2.07. The van der Waals surface area contributed by atoms with Gasteiger partial charge in [0, 0.05) is 0 Å². The van der Waals surface area contributed by atoms with E-state index in [4.69, 9.17) is 4.74 Å². The number of aryl methyl sites for hydroxylation is 3. The number of ether oxygens (including phenoxy) is 1. The van der Waals surface area contributed by atoms with Crippen LogP contribution in [0.1, 0.15) is 36.0 Å². The lowest BCUT2D eigenvalue weighted by Crippen LogP contribution is -2.07. The lowest BCUT2D eigenvalue weighted by molar-refractivity contribution is 0.288. The van der Waals surface area contributed by atoms with Gasteiger partial charge in [-0.1, -0.05) is 42.5 Å². The number of hydrogen-bond donors (Lipinski definition) is 0. The summed E-state index contributed by atoms with van der Waals surface area (Å²) in [5.74, 6) is 1.08. The summed E-state index contributed by atoms with van der Waals surface area (Å²) in [5.41, 5.74) is 4.51. The van der Waals surface area contributed by atoms with Crippen LogP contribution in [0.5, 0.6) is 5.75 Å². The highest BCUT2D eigenvalue weighted by atomic mass is 16.5. The molecular weight excluding hydrogens is 244 g/mol. The lowest BCUT2D eigenvalue weighted by atomic mass is 9.92. The fraction of sp³-hybridized carbons (Fsp3) is 0.368. The molecule has 0 unspecified atom stereocenters. The summed E-state index contributed by atoms with van der Waals surface area (Å²) in [7, 11) is 0. The number of benzene rings is 2. The molecular formula is C19H22O. The van der Waals surface area contributed by atoms with E-state index in [-0.39, 0.29) is 0 Å². The molecule has 0 fully saturated rings. The molecule has 0 atom stereocenters. The van der Waals surface area contributed by atoms with E-state index in [1.165, 1.54) is 37.7 Å². The fourth-order valence-electron chi connectivity index (χ4n) is 2.97. The van der Waals surface area contributed by atoms with Crippen LogP contribution in [0, 0.1) is 0 Å². The van der Waals surface area contributed by atoms with Crippen molar-refractivity contribution in [2.24, 2.45) is 0 Å². The van der Waals surface area contributed by atoms with Crippen LogP contribution in [0.2, 0.25) is 0 Å². The maximum Gasteiger partial charge on any atom is 0.122 e. The Morgan fingerprint density at radius 3 is 1.80 bits per heavy atom. The minimum absolute atomic E-state index is 0.886. The fourth-order valence-corrected chi connectivity index (χ4v) is 2.97. The Balaban J connectivity index is 0.000000121. The predicted molar refractivity (Wildman–Crippen MR) is 83.3 cm³/mol. The van der Waals surface area contributed by atoms with Crippen molar-refractivity contribution in [2.75, 3.05) is 6.61 Å². The average Bonchev–Trinajstić information content (AvgIpc) is 2.56. The molecule has 0 saturated carbocycles. The quantitative estimate of drug-likeness (QED) is 0.678. The Kier molecular flexibility index (Phi) is 4.37. The minimum atomic E-state index is 0.886. The number of rotatable bonds is 0. The minimum Gasteiger partial charge on any atom is -0.493 e. The SMILES string of the molecule is c1ccc2c(c1)CCCC2.c1ccc2c(c1)CCCO2. The molecule has 0 saturated heterocycles. The maximum absolute atomic E-state index is 5.42. The zero-order valence-electron chi connectivity index (χ0n) is 12.0. The molecule has 4 rings (SSSR count). The largest absolute Gasteiger partial charge is 0.493 e. The van der Waals surface area contributed by atoms with Gasteiger partial charge in [0.1, 0.15) is 5.75 Å². The van der Waals surface area contributed by atoms with Gasteiger partial charge in [-0.25, -0.2) is 0 Å². The van der Waals surface area contributed by atoms with Crippen molar-refractivity contribution in [1.82, 2.24) is 0 Å². The van der Waals surface area contributed by atoms with E-state index in [9.17, 15) is 0 Å². The van der Waals surface area contributed by atoms with Crippen LogP contribution in [-0.2, 0) is 19.3 Å². The lowest BCUT2D eigenvalue weighted by Gasteiger charge is -2.15. The molecule has 0 aromatic heterocycles. The normalized spacial score (nSPS) is 16.0. The number of para-hydroxylation sites is 1. The third-order valence-corrected chi connectivity index (χ3v) is 4.08. The molecule has 0 spiro atoms. The van der Waals surface area contributed by atoms with Crippen LogP contribution in [0.4, 0.5) is 0 Å². The second-order valence-corrected chi connectivity index (χ2v) is 5.54. The number of hydrogen-bond acceptors (Lipinski definition) is 1. The molecule has 2 aromatic rings. The summed E-state index contributed by atoms with van der Waals surface area (Å²) >= 11 is 0. The monoisotopic (exact) mass is 266 g/mol. The molecule has 20 heavy (non-hydrogen) atoms. The van der Waals surface area contributed by atoms with E-state index >= 15 is 0 Å². The first-order valence-electron chi connectivity index (χ1n) is 7.71. The second kappa shape index (κ2) is 6.60. The summed E-state index contributed by atoms with van der Waals surface area (Å²) in [4.78, 5) is 0. The van der Waals surface area contributed by atoms with E-state index in [1.54, 1.807) is 11.1 Å². The Morgan fingerprint density at radius 1 is 0.600 bits per heavy atom. The van der Waals surface area contributed by atoms with Gasteiger partial charge in [0.05, 0.1) is 6.61 Å². The van der Waals surface area contributed by atoms with E-state index in [0.717, 1.165) is 18.8 Å². The van der Waals surface area contributed by atoms with Crippen LogP contribution in [0.3, 0.4) is 0 Å². The molecule has 0 bridgehead atoms. The molecule has 2 aliphatic rings. The van der Waals surface area contributed by atoms with Gasteiger partial charge in [-0.15, -0.1) is 0 Å². The van der Waals surface area contributed by atoms with E-state index in [1.807, 2.05) is 12.1 Å². The first-order chi connectivity index (χ1) is 9.93. The summed E-state index contributed by atoms with van der Waals surface area (Å²) in [5, 5.41) is 0. The molecule has 1 aliphatic carbocycles. The molecule has 1 heterocycles. The average molecular weight is 266 g/mol. The summed E-state index contributed by atoms with van der Waals surface area (Å²) in [6, 6.07) is 17.1. The summed E-state index contributed by atoms with van der Waals surface area (Å²) in [6.45, 7) is 0.886. The van der Waals surface area contributed by atoms with Gasteiger partial charge in [-0.05, 0) is 61.3 Å².